The number of nitrogens with zero attached hydrogens (tertiary/aromatic N) is 4. The summed E-state index contributed by atoms with van der Waals surface area (Å²) in [5.41, 5.74) is 0. The molecule has 1 atom stereocenters. The molecule has 0 bridgehead atoms. The summed E-state index contributed by atoms with van der Waals surface area (Å²) in [7, 11) is 2.03. The van der Waals surface area contributed by atoms with E-state index in [0.717, 1.165) is 29.5 Å². The van der Waals surface area contributed by atoms with Crippen molar-refractivity contribution in [1.82, 2.24) is 14.8 Å². The largest absolute Gasteiger partial charge is 0.420 e. The number of hydrogen-bond acceptors (Lipinski definition) is 7. The normalized spacial score (nSPS) is 23.6. The summed E-state index contributed by atoms with van der Waals surface area (Å²) >= 11 is 9.02. The number of carbonyl (C=O) groups is 2. The highest BCUT2D eigenvalue weighted by Gasteiger charge is 2.45. The second-order valence-corrected chi connectivity index (χ2v) is 9.10. The van der Waals surface area contributed by atoms with E-state index in [9.17, 15) is 9.59 Å². The number of carbonyl (C=O) groups excluding carboxylic acids is 2. The Kier molecular flexibility index (Phi) is 5.54. The summed E-state index contributed by atoms with van der Waals surface area (Å²) < 4.78 is 5.83. The monoisotopic (exact) mass is 426 g/mol. The molecule has 4 heterocycles. The third-order valence-electron chi connectivity index (χ3n) is 4.62. The maximum Gasteiger partial charge on any atom is 0.412 e. The van der Waals surface area contributed by atoms with Gasteiger partial charge in [0.25, 0.3) is 5.91 Å². The zero-order chi connectivity index (χ0) is 19.0. The minimum Gasteiger partial charge on any atom is -0.420 e. The van der Waals surface area contributed by atoms with E-state index in [4.69, 9.17) is 16.3 Å². The molecule has 1 aromatic rings. The minimum atomic E-state index is -0.772. The summed E-state index contributed by atoms with van der Waals surface area (Å²) in [5.74, 6) is 1.99. The highest BCUT2D eigenvalue weighted by Crippen LogP contribution is 2.45. The molecule has 27 heavy (non-hydrogen) atoms. The first-order chi connectivity index (χ1) is 13.0. The molecule has 10 heteroatoms. The average Bonchev–Trinajstić information content (AvgIpc) is 2.95. The van der Waals surface area contributed by atoms with Gasteiger partial charge in [0.05, 0.1) is 14.8 Å². The molecule has 144 valence electrons. The van der Waals surface area contributed by atoms with Crippen LogP contribution < -0.4 is 4.90 Å². The van der Waals surface area contributed by atoms with Gasteiger partial charge in [0.15, 0.2) is 0 Å². The summed E-state index contributed by atoms with van der Waals surface area (Å²) in [6.07, 6.45) is 0.317. The smallest absolute Gasteiger partial charge is 0.412 e. The average molecular weight is 427 g/mol. The van der Waals surface area contributed by atoms with Crippen molar-refractivity contribution < 1.29 is 14.3 Å². The Morgan fingerprint density at radius 3 is 2.67 bits per heavy atom. The Balaban J connectivity index is 1.59. The van der Waals surface area contributed by atoms with Crippen LogP contribution in [0.2, 0.25) is 5.02 Å². The lowest BCUT2D eigenvalue weighted by Crippen LogP contribution is -2.49. The van der Waals surface area contributed by atoms with E-state index in [0.29, 0.717) is 28.8 Å². The van der Waals surface area contributed by atoms with Crippen LogP contribution in [0.5, 0.6) is 0 Å². The predicted molar refractivity (Wildman–Crippen MR) is 108 cm³/mol. The number of hydrogen-bond donors (Lipinski definition) is 0. The Hall–Kier alpha value is -1.42. The Labute approximate surface area is 171 Å². The van der Waals surface area contributed by atoms with Gasteiger partial charge in [0, 0.05) is 43.9 Å². The molecule has 1 unspecified atom stereocenters. The number of amides is 2. The number of rotatable bonds is 2. The van der Waals surface area contributed by atoms with Crippen molar-refractivity contribution in [2.24, 2.45) is 0 Å². The minimum absolute atomic E-state index is 0.173. The maximum atomic E-state index is 13.0. The van der Waals surface area contributed by atoms with Gasteiger partial charge in [-0.2, -0.15) is 0 Å². The molecule has 0 aliphatic carbocycles. The second kappa shape index (κ2) is 7.90. The molecule has 1 saturated heterocycles. The van der Waals surface area contributed by atoms with Crippen molar-refractivity contribution in [3.8, 4) is 0 Å². The SMILES string of the molecule is CN1CCN(C(=O)OC2C3=C(SCCS3)C(=O)N2c2ccc(Cl)cn2)CC1. The number of thioether (sulfide) groups is 2. The number of anilines is 1. The van der Waals surface area contributed by atoms with Gasteiger partial charge in [0.2, 0.25) is 6.23 Å². The Morgan fingerprint density at radius 2 is 1.96 bits per heavy atom. The highest BCUT2D eigenvalue weighted by molar-refractivity contribution is 8.10. The Morgan fingerprint density at radius 1 is 1.22 bits per heavy atom. The summed E-state index contributed by atoms with van der Waals surface area (Å²) in [4.78, 5) is 36.8. The molecule has 2 amide bonds. The topological polar surface area (TPSA) is 66.0 Å². The van der Waals surface area contributed by atoms with E-state index in [2.05, 4.69) is 9.88 Å². The summed E-state index contributed by atoms with van der Waals surface area (Å²) in [5, 5.41) is 0.484. The molecule has 3 aliphatic heterocycles. The molecule has 7 nitrogen and oxygen atoms in total. The van der Waals surface area contributed by atoms with E-state index in [1.165, 1.54) is 22.9 Å². The molecule has 0 N–H and O–H groups in total. The summed E-state index contributed by atoms with van der Waals surface area (Å²) in [6, 6.07) is 3.35. The van der Waals surface area contributed by atoms with Crippen LogP contribution in [0, 0.1) is 0 Å². The summed E-state index contributed by atoms with van der Waals surface area (Å²) in [6.45, 7) is 2.84. The van der Waals surface area contributed by atoms with E-state index < -0.39 is 12.3 Å². The number of piperazine rings is 1. The lowest BCUT2D eigenvalue weighted by molar-refractivity contribution is -0.115. The van der Waals surface area contributed by atoms with Crippen molar-refractivity contribution in [1.29, 1.82) is 0 Å². The van der Waals surface area contributed by atoms with Crippen LogP contribution >= 0.6 is 35.1 Å². The second-order valence-electron chi connectivity index (χ2n) is 6.43. The van der Waals surface area contributed by atoms with Crippen LogP contribution in [-0.4, -0.2) is 77.7 Å². The lowest BCUT2D eigenvalue weighted by Gasteiger charge is -2.33. The first kappa shape index (κ1) is 18.9. The molecule has 4 rings (SSSR count). The fourth-order valence-corrected chi connectivity index (χ4v) is 5.65. The third kappa shape index (κ3) is 3.78. The van der Waals surface area contributed by atoms with Crippen molar-refractivity contribution in [2.45, 2.75) is 6.23 Å². The molecular weight excluding hydrogens is 408 g/mol. The van der Waals surface area contributed by atoms with Crippen LogP contribution in [-0.2, 0) is 9.53 Å². The van der Waals surface area contributed by atoms with E-state index >= 15 is 0 Å². The van der Waals surface area contributed by atoms with Gasteiger partial charge >= 0.3 is 6.09 Å². The van der Waals surface area contributed by atoms with Gasteiger partial charge in [-0.15, -0.1) is 23.5 Å². The van der Waals surface area contributed by atoms with Crippen LogP contribution in [0.15, 0.2) is 28.1 Å². The van der Waals surface area contributed by atoms with Crippen LogP contribution in [0.1, 0.15) is 0 Å². The lowest BCUT2D eigenvalue weighted by atomic mass is 10.3. The highest BCUT2D eigenvalue weighted by atomic mass is 35.5. The number of ether oxygens (including phenoxy) is 1. The molecular formula is C17H19ClN4O3S2. The fraction of sp³-hybridized carbons (Fsp3) is 0.471. The van der Waals surface area contributed by atoms with Gasteiger partial charge in [0.1, 0.15) is 5.82 Å². The molecule has 3 aliphatic rings. The van der Waals surface area contributed by atoms with Crippen LogP contribution in [0.25, 0.3) is 0 Å². The molecule has 0 saturated carbocycles. The van der Waals surface area contributed by atoms with Gasteiger partial charge in [-0.05, 0) is 19.2 Å². The molecule has 1 fully saturated rings. The predicted octanol–water partition coefficient (Wildman–Crippen LogP) is 2.48. The third-order valence-corrected chi connectivity index (χ3v) is 7.44. The number of aromatic nitrogens is 1. The molecule has 0 radical (unpaired) electrons. The van der Waals surface area contributed by atoms with Gasteiger partial charge < -0.3 is 14.5 Å². The molecule has 1 aromatic heterocycles. The van der Waals surface area contributed by atoms with Crippen LogP contribution in [0.4, 0.5) is 10.6 Å². The van der Waals surface area contributed by atoms with Gasteiger partial charge in [-0.3, -0.25) is 4.79 Å². The van der Waals surface area contributed by atoms with Crippen LogP contribution in [0.3, 0.4) is 0 Å². The standard InChI is InChI=1S/C17H19ClN4O3S2/c1-20-4-6-21(7-5-20)17(24)25-16-14-13(26-8-9-27-14)15(23)22(16)12-3-2-11(18)10-19-12/h2-3,10,16H,4-9H2,1H3. The van der Waals surface area contributed by atoms with E-state index in [1.54, 1.807) is 28.8 Å². The van der Waals surface area contributed by atoms with Gasteiger partial charge in [-0.1, -0.05) is 11.6 Å². The quantitative estimate of drug-likeness (QED) is 0.719. The molecule has 0 aromatic carbocycles. The zero-order valence-corrected chi connectivity index (χ0v) is 17.1. The maximum absolute atomic E-state index is 13.0. The number of halogens is 1. The van der Waals surface area contributed by atoms with Crippen molar-refractivity contribution >= 4 is 52.9 Å². The Bertz CT molecular complexity index is 781. The first-order valence-corrected chi connectivity index (χ1v) is 11.0. The van der Waals surface area contributed by atoms with E-state index in [1.807, 2.05) is 7.05 Å². The van der Waals surface area contributed by atoms with Crippen molar-refractivity contribution in [2.75, 3.05) is 49.6 Å². The van der Waals surface area contributed by atoms with E-state index in [-0.39, 0.29) is 5.91 Å². The molecule has 0 spiro atoms. The van der Waals surface area contributed by atoms with Crippen molar-refractivity contribution in [3.63, 3.8) is 0 Å². The fourth-order valence-electron chi connectivity index (χ4n) is 3.12. The number of likely N-dealkylation sites (N-methyl/N-ethyl adjacent to an activating group) is 1. The zero-order valence-electron chi connectivity index (χ0n) is 14.8. The first-order valence-electron chi connectivity index (χ1n) is 8.63. The number of pyridine rings is 1. The van der Waals surface area contributed by atoms with Crippen molar-refractivity contribution in [3.05, 3.63) is 33.2 Å². The van der Waals surface area contributed by atoms with Gasteiger partial charge in [-0.25, -0.2) is 14.7 Å².